The van der Waals surface area contributed by atoms with Crippen molar-refractivity contribution in [3.8, 4) is 0 Å². The van der Waals surface area contributed by atoms with Crippen LogP contribution in [-0.4, -0.2) is 26.2 Å². The molecule has 1 aromatic carbocycles. The molecule has 0 unspecified atom stereocenters. The van der Waals surface area contributed by atoms with Gasteiger partial charge in [-0.05, 0) is 36.6 Å². The van der Waals surface area contributed by atoms with Crippen LogP contribution >= 0.6 is 0 Å². The molecule has 2 aromatic rings. The van der Waals surface area contributed by atoms with Gasteiger partial charge in [-0.3, -0.25) is 0 Å². The van der Waals surface area contributed by atoms with E-state index in [1.165, 1.54) is 30.5 Å². The fraction of sp³-hybridized carbons (Fsp3) is 0.353. The molecule has 134 valence electrons. The van der Waals surface area contributed by atoms with Crippen molar-refractivity contribution in [2.75, 3.05) is 18.1 Å². The molecule has 0 spiro atoms. The van der Waals surface area contributed by atoms with E-state index < -0.39 is 27.0 Å². The first-order valence-electron chi connectivity index (χ1n) is 7.69. The standard InChI is InChI=1S/C17H17F3N2O2S/c1-25(23,24)14-6-3-9-21-15(14)22-11-16(7-8-16)12-4-2-5-13(10-12)17(18,19)20/h2-6,9-10H,7-8,11H2,1H3,(H,21,22). The molecule has 1 fully saturated rings. The van der Waals surface area contributed by atoms with Gasteiger partial charge in [-0.1, -0.05) is 18.2 Å². The normalized spacial score (nSPS) is 16.5. The van der Waals surface area contributed by atoms with E-state index in [1.54, 1.807) is 6.07 Å². The molecule has 1 saturated carbocycles. The molecule has 0 amide bonds. The lowest BCUT2D eigenvalue weighted by atomic mass is 9.94. The van der Waals surface area contributed by atoms with Crippen molar-refractivity contribution in [3.05, 3.63) is 53.7 Å². The highest BCUT2D eigenvalue weighted by atomic mass is 32.2. The van der Waals surface area contributed by atoms with Crippen molar-refractivity contribution in [2.24, 2.45) is 0 Å². The summed E-state index contributed by atoms with van der Waals surface area (Å²) in [4.78, 5) is 4.13. The molecule has 1 aromatic heterocycles. The first kappa shape index (κ1) is 17.7. The average molecular weight is 370 g/mol. The number of alkyl halides is 3. The number of sulfone groups is 1. The summed E-state index contributed by atoms with van der Waals surface area (Å²) in [5.74, 6) is 0.225. The van der Waals surface area contributed by atoms with Crippen molar-refractivity contribution in [1.29, 1.82) is 0 Å². The van der Waals surface area contributed by atoms with Gasteiger partial charge in [0.1, 0.15) is 10.7 Å². The summed E-state index contributed by atoms with van der Waals surface area (Å²) in [6, 6.07) is 8.29. The zero-order valence-corrected chi connectivity index (χ0v) is 14.3. The molecular weight excluding hydrogens is 353 g/mol. The highest BCUT2D eigenvalue weighted by Crippen LogP contribution is 2.49. The number of aromatic nitrogens is 1. The number of anilines is 1. The number of pyridine rings is 1. The predicted octanol–water partition coefficient (Wildman–Crippen LogP) is 3.65. The van der Waals surface area contributed by atoms with Gasteiger partial charge in [-0.25, -0.2) is 13.4 Å². The van der Waals surface area contributed by atoms with Gasteiger partial charge in [0.2, 0.25) is 0 Å². The third-order valence-electron chi connectivity index (χ3n) is 4.42. The lowest BCUT2D eigenvalue weighted by molar-refractivity contribution is -0.137. The van der Waals surface area contributed by atoms with E-state index in [0.717, 1.165) is 25.2 Å². The van der Waals surface area contributed by atoms with E-state index in [1.807, 2.05) is 0 Å². The van der Waals surface area contributed by atoms with E-state index in [9.17, 15) is 21.6 Å². The second-order valence-electron chi connectivity index (χ2n) is 6.33. The Morgan fingerprint density at radius 3 is 2.52 bits per heavy atom. The first-order valence-corrected chi connectivity index (χ1v) is 9.58. The Labute approximate surface area is 144 Å². The zero-order valence-electron chi connectivity index (χ0n) is 13.5. The lowest BCUT2D eigenvalue weighted by Crippen LogP contribution is -2.22. The number of nitrogens with zero attached hydrogens (tertiary/aromatic N) is 1. The van der Waals surface area contributed by atoms with Crippen LogP contribution in [0.1, 0.15) is 24.0 Å². The maximum Gasteiger partial charge on any atom is 0.416 e. The van der Waals surface area contributed by atoms with E-state index in [0.29, 0.717) is 12.1 Å². The molecule has 1 aliphatic rings. The van der Waals surface area contributed by atoms with Gasteiger partial charge in [0, 0.05) is 24.4 Å². The van der Waals surface area contributed by atoms with Gasteiger partial charge in [0.15, 0.2) is 9.84 Å². The van der Waals surface area contributed by atoms with Crippen LogP contribution in [0, 0.1) is 0 Å². The van der Waals surface area contributed by atoms with Crippen molar-refractivity contribution < 1.29 is 21.6 Å². The van der Waals surface area contributed by atoms with Gasteiger partial charge in [-0.15, -0.1) is 0 Å². The Hall–Kier alpha value is -2.09. The Morgan fingerprint density at radius 1 is 1.20 bits per heavy atom. The van der Waals surface area contributed by atoms with Crippen LogP contribution in [0.5, 0.6) is 0 Å². The monoisotopic (exact) mass is 370 g/mol. The van der Waals surface area contributed by atoms with Gasteiger partial charge in [0.25, 0.3) is 0 Å². The second-order valence-corrected chi connectivity index (χ2v) is 8.32. The van der Waals surface area contributed by atoms with Gasteiger partial charge in [0.05, 0.1) is 5.56 Å². The molecule has 1 aliphatic carbocycles. The molecule has 0 aliphatic heterocycles. The maximum atomic E-state index is 12.9. The Kier molecular flexibility index (Phi) is 4.26. The zero-order chi connectivity index (χ0) is 18.3. The van der Waals surface area contributed by atoms with E-state index in [-0.39, 0.29) is 10.7 Å². The Balaban J connectivity index is 1.83. The lowest BCUT2D eigenvalue weighted by Gasteiger charge is -2.19. The van der Waals surface area contributed by atoms with Gasteiger partial charge < -0.3 is 5.32 Å². The summed E-state index contributed by atoms with van der Waals surface area (Å²) in [5, 5.41) is 3.01. The van der Waals surface area contributed by atoms with Crippen molar-refractivity contribution in [2.45, 2.75) is 29.3 Å². The highest BCUT2D eigenvalue weighted by molar-refractivity contribution is 7.90. The SMILES string of the molecule is CS(=O)(=O)c1cccnc1NCC1(c2cccc(C(F)(F)F)c2)CC1. The number of rotatable bonds is 5. The second kappa shape index (κ2) is 6.01. The summed E-state index contributed by atoms with van der Waals surface area (Å²) in [6.45, 7) is 0.327. The van der Waals surface area contributed by atoms with E-state index >= 15 is 0 Å². The van der Waals surface area contributed by atoms with Gasteiger partial charge >= 0.3 is 6.18 Å². The van der Waals surface area contributed by atoms with Crippen LogP contribution in [0.3, 0.4) is 0 Å². The molecule has 3 rings (SSSR count). The van der Waals surface area contributed by atoms with Gasteiger partial charge in [-0.2, -0.15) is 13.2 Å². The fourth-order valence-electron chi connectivity index (χ4n) is 2.82. The molecule has 8 heteroatoms. The first-order chi connectivity index (χ1) is 11.6. The van der Waals surface area contributed by atoms with Crippen molar-refractivity contribution >= 4 is 15.7 Å². The maximum absolute atomic E-state index is 12.9. The minimum Gasteiger partial charge on any atom is -0.368 e. The number of halogens is 3. The van der Waals surface area contributed by atoms with E-state index in [2.05, 4.69) is 10.3 Å². The molecule has 25 heavy (non-hydrogen) atoms. The number of hydrogen-bond donors (Lipinski definition) is 1. The summed E-state index contributed by atoms with van der Waals surface area (Å²) in [7, 11) is -3.45. The highest BCUT2D eigenvalue weighted by Gasteiger charge is 2.45. The molecule has 1 heterocycles. The Morgan fingerprint density at radius 2 is 1.92 bits per heavy atom. The van der Waals surface area contributed by atoms with Crippen LogP contribution in [0.2, 0.25) is 0 Å². The molecule has 1 N–H and O–H groups in total. The van der Waals surface area contributed by atoms with Crippen LogP contribution < -0.4 is 5.32 Å². The molecular formula is C17H17F3N2O2S. The number of nitrogens with one attached hydrogen (secondary N) is 1. The van der Waals surface area contributed by atoms with Crippen LogP contribution in [0.25, 0.3) is 0 Å². The third-order valence-corrected chi connectivity index (χ3v) is 5.55. The van der Waals surface area contributed by atoms with Crippen molar-refractivity contribution in [1.82, 2.24) is 4.98 Å². The predicted molar refractivity (Wildman–Crippen MR) is 88.2 cm³/mol. The molecule has 0 bridgehead atoms. The average Bonchev–Trinajstić information content (AvgIpc) is 3.33. The van der Waals surface area contributed by atoms with Crippen LogP contribution in [0.15, 0.2) is 47.5 Å². The topological polar surface area (TPSA) is 59.1 Å². The van der Waals surface area contributed by atoms with Crippen molar-refractivity contribution in [3.63, 3.8) is 0 Å². The summed E-state index contributed by atoms with van der Waals surface area (Å²) >= 11 is 0. The molecule has 4 nitrogen and oxygen atoms in total. The minimum atomic E-state index is -4.38. The largest absolute Gasteiger partial charge is 0.416 e. The smallest absolute Gasteiger partial charge is 0.368 e. The number of hydrogen-bond acceptors (Lipinski definition) is 4. The van der Waals surface area contributed by atoms with Crippen LogP contribution in [-0.2, 0) is 21.4 Å². The summed E-state index contributed by atoms with van der Waals surface area (Å²) in [6.07, 6.45) is -0.343. The number of benzene rings is 1. The summed E-state index contributed by atoms with van der Waals surface area (Å²) in [5.41, 5.74) is -0.495. The molecule has 0 atom stereocenters. The fourth-order valence-corrected chi connectivity index (χ4v) is 3.62. The molecule has 0 saturated heterocycles. The Bertz CT molecular complexity index is 891. The quantitative estimate of drug-likeness (QED) is 0.873. The van der Waals surface area contributed by atoms with Crippen LogP contribution in [0.4, 0.5) is 19.0 Å². The van der Waals surface area contributed by atoms with E-state index in [4.69, 9.17) is 0 Å². The minimum absolute atomic E-state index is 0.0786. The summed E-state index contributed by atoms with van der Waals surface area (Å²) < 4.78 is 62.4. The third kappa shape index (κ3) is 3.78. The molecule has 0 radical (unpaired) electrons.